The molecule has 0 radical (unpaired) electrons. The molecular formula is C16H24N2O2. The third-order valence-corrected chi connectivity index (χ3v) is 4.04. The Morgan fingerprint density at radius 3 is 2.60 bits per heavy atom. The number of carbonyl (C=O) groups is 1. The fraction of sp³-hybridized carbons (Fsp3) is 0.625. The number of hydrogen-bond acceptors (Lipinski definition) is 4. The standard InChI is InChI=1S/C16H24N2O2/c1-3-20-15(19)16(2,13-9-11-17-12-10-13)18-14-7-5-4-6-8-14/h9-12,14,18H,3-8H2,1-2H3. The van der Waals surface area contributed by atoms with Gasteiger partial charge in [-0.2, -0.15) is 0 Å². The molecule has 2 rings (SSSR count). The van der Waals surface area contributed by atoms with E-state index in [1.54, 1.807) is 12.4 Å². The Morgan fingerprint density at radius 2 is 2.00 bits per heavy atom. The van der Waals surface area contributed by atoms with Gasteiger partial charge in [-0.1, -0.05) is 19.3 Å². The van der Waals surface area contributed by atoms with Crippen molar-refractivity contribution in [1.82, 2.24) is 10.3 Å². The minimum atomic E-state index is -0.791. The van der Waals surface area contributed by atoms with Crippen molar-refractivity contribution in [2.75, 3.05) is 6.61 Å². The van der Waals surface area contributed by atoms with Gasteiger partial charge in [0, 0.05) is 18.4 Å². The highest BCUT2D eigenvalue weighted by atomic mass is 16.5. The van der Waals surface area contributed by atoms with Crippen LogP contribution in [0.15, 0.2) is 24.5 Å². The molecule has 1 heterocycles. The number of nitrogens with one attached hydrogen (secondary N) is 1. The van der Waals surface area contributed by atoms with Crippen molar-refractivity contribution in [3.63, 3.8) is 0 Å². The molecule has 0 saturated heterocycles. The maximum Gasteiger partial charge on any atom is 0.330 e. The van der Waals surface area contributed by atoms with Crippen LogP contribution in [0.4, 0.5) is 0 Å². The van der Waals surface area contributed by atoms with Crippen molar-refractivity contribution in [2.24, 2.45) is 0 Å². The van der Waals surface area contributed by atoms with Crippen LogP contribution in [0.25, 0.3) is 0 Å². The predicted octanol–water partition coefficient (Wildman–Crippen LogP) is 2.78. The lowest BCUT2D eigenvalue weighted by Gasteiger charge is -2.35. The van der Waals surface area contributed by atoms with E-state index in [4.69, 9.17) is 4.74 Å². The second-order valence-electron chi connectivity index (χ2n) is 5.56. The van der Waals surface area contributed by atoms with Gasteiger partial charge >= 0.3 is 5.97 Å². The number of nitrogens with zero attached hydrogens (tertiary/aromatic N) is 1. The average Bonchev–Trinajstić information content (AvgIpc) is 2.49. The fourth-order valence-electron chi connectivity index (χ4n) is 2.88. The van der Waals surface area contributed by atoms with E-state index in [1.165, 1.54) is 19.3 Å². The molecule has 0 spiro atoms. The third kappa shape index (κ3) is 3.37. The number of carbonyl (C=O) groups excluding carboxylic acids is 1. The molecular weight excluding hydrogens is 252 g/mol. The molecule has 0 aromatic carbocycles. The van der Waals surface area contributed by atoms with E-state index < -0.39 is 5.54 Å². The lowest BCUT2D eigenvalue weighted by Crippen LogP contribution is -2.52. The van der Waals surface area contributed by atoms with Crippen molar-refractivity contribution < 1.29 is 9.53 Å². The van der Waals surface area contributed by atoms with Crippen LogP contribution in [0.3, 0.4) is 0 Å². The summed E-state index contributed by atoms with van der Waals surface area (Å²) in [5, 5.41) is 3.53. The Balaban J connectivity index is 2.21. The second kappa shape index (κ2) is 6.84. The molecule has 0 amide bonds. The summed E-state index contributed by atoms with van der Waals surface area (Å²) in [4.78, 5) is 16.5. The summed E-state index contributed by atoms with van der Waals surface area (Å²) in [5.41, 5.74) is 0.123. The molecule has 1 aliphatic rings. The van der Waals surface area contributed by atoms with Gasteiger partial charge in [0.1, 0.15) is 5.54 Å². The largest absolute Gasteiger partial charge is 0.464 e. The van der Waals surface area contributed by atoms with E-state index in [0.29, 0.717) is 12.6 Å². The molecule has 1 N–H and O–H groups in total. The Hall–Kier alpha value is -1.42. The van der Waals surface area contributed by atoms with Crippen LogP contribution >= 0.6 is 0 Å². The first-order valence-corrected chi connectivity index (χ1v) is 7.52. The van der Waals surface area contributed by atoms with Crippen LogP contribution in [0, 0.1) is 0 Å². The van der Waals surface area contributed by atoms with Gasteiger partial charge in [0.2, 0.25) is 0 Å². The van der Waals surface area contributed by atoms with Gasteiger partial charge in [-0.3, -0.25) is 10.3 Å². The van der Waals surface area contributed by atoms with Crippen LogP contribution in [0.5, 0.6) is 0 Å². The summed E-state index contributed by atoms with van der Waals surface area (Å²) in [6, 6.07) is 4.14. The van der Waals surface area contributed by atoms with Crippen LogP contribution in [0.1, 0.15) is 51.5 Å². The SMILES string of the molecule is CCOC(=O)C(C)(NC1CCCCC1)c1ccncc1. The summed E-state index contributed by atoms with van der Waals surface area (Å²) in [6.45, 7) is 4.15. The summed E-state index contributed by atoms with van der Waals surface area (Å²) in [7, 11) is 0. The monoisotopic (exact) mass is 276 g/mol. The summed E-state index contributed by atoms with van der Waals surface area (Å²) in [5.74, 6) is -0.211. The fourth-order valence-corrected chi connectivity index (χ4v) is 2.88. The summed E-state index contributed by atoms with van der Waals surface area (Å²) >= 11 is 0. The highest BCUT2D eigenvalue weighted by Gasteiger charge is 2.38. The van der Waals surface area contributed by atoms with Gasteiger partial charge in [-0.25, -0.2) is 4.79 Å². The zero-order valence-electron chi connectivity index (χ0n) is 12.4. The minimum absolute atomic E-state index is 0.211. The van der Waals surface area contributed by atoms with E-state index in [2.05, 4.69) is 10.3 Å². The van der Waals surface area contributed by atoms with Crippen molar-refractivity contribution in [1.29, 1.82) is 0 Å². The highest BCUT2D eigenvalue weighted by molar-refractivity contribution is 5.82. The van der Waals surface area contributed by atoms with Gasteiger partial charge in [0.25, 0.3) is 0 Å². The number of rotatable bonds is 5. The second-order valence-corrected chi connectivity index (χ2v) is 5.56. The van der Waals surface area contributed by atoms with Gasteiger partial charge < -0.3 is 4.74 Å². The lowest BCUT2D eigenvalue weighted by atomic mass is 9.88. The minimum Gasteiger partial charge on any atom is -0.464 e. The number of aromatic nitrogens is 1. The molecule has 1 aromatic rings. The molecule has 4 heteroatoms. The van der Waals surface area contributed by atoms with Crippen molar-refractivity contribution in [2.45, 2.75) is 57.5 Å². The van der Waals surface area contributed by atoms with Gasteiger partial charge in [-0.05, 0) is 44.4 Å². The van der Waals surface area contributed by atoms with E-state index in [9.17, 15) is 4.79 Å². The average molecular weight is 276 g/mol. The molecule has 110 valence electrons. The molecule has 1 unspecified atom stereocenters. The van der Waals surface area contributed by atoms with Crippen molar-refractivity contribution in [3.8, 4) is 0 Å². The molecule has 1 atom stereocenters. The maximum absolute atomic E-state index is 12.4. The lowest BCUT2D eigenvalue weighted by molar-refractivity contribution is -0.151. The smallest absolute Gasteiger partial charge is 0.330 e. The Labute approximate surface area is 120 Å². The van der Waals surface area contributed by atoms with E-state index >= 15 is 0 Å². The summed E-state index contributed by atoms with van der Waals surface area (Å²) < 4.78 is 5.28. The number of pyridine rings is 1. The van der Waals surface area contributed by atoms with E-state index in [1.807, 2.05) is 26.0 Å². The van der Waals surface area contributed by atoms with Crippen molar-refractivity contribution in [3.05, 3.63) is 30.1 Å². The molecule has 1 saturated carbocycles. The Kier molecular flexibility index (Phi) is 5.12. The zero-order valence-corrected chi connectivity index (χ0v) is 12.4. The molecule has 4 nitrogen and oxygen atoms in total. The number of ether oxygens (including phenoxy) is 1. The number of esters is 1. The molecule has 1 aromatic heterocycles. The van der Waals surface area contributed by atoms with Gasteiger partial charge in [0.05, 0.1) is 6.61 Å². The quantitative estimate of drug-likeness (QED) is 0.840. The predicted molar refractivity (Wildman–Crippen MR) is 78.2 cm³/mol. The van der Waals surface area contributed by atoms with Crippen LogP contribution < -0.4 is 5.32 Å². The van der Waals surface area contributed by atoms with E-state index in [0.717, 1.165) is 18.4 Å². The van der Waals surface area contributed by atoms with Crippen LogP contribution in [0.2, 0.25) is 0 Å². The molecule has 0 aliphatic heterocycles. The normalized spacial score (nSPS) is 19.3. The first-order chi connectivity index (χ1) is 9.66. The molecule has 1 aliphatic carbocycles. The molecule has 0 bridgehead atoms. The van der Waals surface area contributed by atoms with Gasteiger partial charge in [0.15, 0.2) is 0 Å². The first-order valence-electron chi connectivity index (χ1n) is 7.52. The van der Waals surface area contributed by atoms with Gasteiger partial charge in [-0.15, -0.1) is 0 Å². The first kappa shape index (κ1) is 15.0. The van der Waals surface area contributed by atoms with Crippen molar-refractivity contribution >= 4 is 5.97 Å². The molecule has 1 fully saturated rings. The summed E-state index contributed by atoms with van der Waals surface area (Å²) in [6.07, 6.45) is 9.44. The van der Waals surface area contributed by atoms with Crippen LogP contribution in [-0.4, -0.2) is 23.6 Å². The third-order valence-electron chi connectivity index (χ3n) is 4.04. The number of hydrogen-bond donors (Lipinski definition) is 1. The Morgan fingerprint density at radius 1 is 1.35 bits per heavy atom. The Bertz CT molecular complexity index is 429. The zero-order chi connectivity index (χ0) is 14.4. The molecule has 20 heavy (non-hydrogen) atoms. The van der Waals surface area contributed by atoms with E-state index in [-0.39, 0.29) is 5.97 Å². The maximum atomic E-state index is 12.4. The van der Waals surface area contributed by atoms with Crippen LogP contribution in [-0.2, 0) is 15.1 Å². The highest BCUT2D eigenvalue weighted by Crippen LogP contribution is 2.27. The topological polar surface area (TPSA) is 51.2 Å².